The highest BCUT2D eigenvalue weighted by atomic mass is 16.5. The first-order valence-electron chi connectivity index (χ1n) is 9.77. The second-order valence-electron chi connectivity index (χ2n) is 7.46. The van der Waals surface area contributed by atoms with Gasteiger partial charge >= 0.3 is 0 Å². The van der Waals surface area contributed by atoms with Gasteiger partial charge in [-0.25, -0.2) is 4.68 Å². The lowest BCUT2D eigenvalue weighted by molar-refractivity contribution is -0.115. The highest BCUT2D eigenvalue weighted by Gasteiger charge is 2.29. The van der Waals surface area contributed by atoms with Gasteiger partial charge in [0.05, 0.1) is 17.5 Å². The predicted molar refractivity (Wildman–Crippen MR) is 111 cm³/mol. The van der Waals surface area contributed by atoms with Crippen LogP contribution in [0.5, 0.6) is 0 Å². The summed E-state index contributed by atoms with van der Waals surface area (Å²) in [7, 11) is 1.58. The zero-order chi connectivity index (χ0) is 20.7. The predicted octanol–water partition coefficient (Wildman–Crippen LogP) is 3.04. The second-order valence-corrected chi connectivity index (χ2v) is 7.46. The van der Waals surface area contributed by atoms with Crippen LogP contribution >= 0.6 is 0 Å². The zero-order valence-corrected chi connectivity index (χ0v) is 16.3. The molecule has 1 fully saturated rings. The third-order valence-electron chi connectivity index (χ3n) is 5.13. The molecule has 5 rings (SSSR count). The van der Waals surface area contributed by atoms with Crippen molar-refractivity contribution in [3.63, 3.8) is 0 Å². The normalized spacial score (nSPS) is 13.5. The van der Waals surface area contributed by atoms with Crippen molar-refractivity contribution in [3.8, 4) is 11.4 Å². The number of aromatic nitrogens is 4. The van der Waals surface area contributed by atoms with Gasteiger partial charge in [0.25, 0.3) is 5.56 Å². The molecule has 0 saturated heterocycles. The minimum atomic E-state index is -0.227. The van der Waals surface area contributed by atoms with E-state index in [-0.39, 0.29) is 17.9 Å². The summed E-state index contributed by atoms with van der Waals surface area (Å²) in [5.41, 5.74) is 1.76. The molecule has 1 aliphatic rings. The van der Waals surface area contributed by atoms with Gasteiger partial charge in [0.2, 0.25) is 17.6 Å². The standard InChI is InChI=1S/C22H19N5O3/c1-27-22(29)17-8-3-2-7-16(17)18(25-27)12-19(28)23-15-6-4-5-14(11-15)20-24-21(30-26-20)13-9-10-13/h2-8,11,13H,9-10,12H2,1H3,(H,23,28). The van der Waals surface area contributed by atoms with Crippen molar-refractivity contribution in [2.75, 3.05) is 5.32 Å². The van der Waals surface area contributed by atoms with Crippen molar-refractivity contribution >= 4 is 22.4 Å². The molecule has 4 aromatic rings. The lowest BCUT2D eigenvalue weighted by atomic mass is 10.1. The van der Waals surface area contributed by atoms with Crippen LogP contribution in [0.25, 0.3) is 22.2 Å². The maximum Gasteiger partial charge on any atom is 0.274 e. The van der Waals surface area contributed by atoms with Gasteiger partial charge in [0.1, 0.15) is 0 Å². The molecule has 0 unspecified atom stereocenters. The van der Waals surface area contributed by atoms with E-state index in [0.29, 0.717) is 39.8 Å². The van der Waals surface area contributed by atoms with Crippen LogP contribution in [-0.4, -0.2) is 25.8 Å². The molecular formula is C22H19N5O3. The molecule has 0 spiro atoms. The molecule has 150 valence electrons. The third kappa shape index (κ3) is 3.47. The molecule has 30 heavy (non-hydrogen) atoms. The average Bonchev–Trinajstić information content (AvgIpc) is 3.48. The number of amides is 1. The first-order valence-corrected chi connectivity index (χ1v) is 9.77. The fourth-order valence-corrected chi connectivity index (χ4v) is 3.45. The van der Waals surface area contributed by atoms with Crippen LogP contribution in [0.4, 0.5) is 5.69 Å². The van der Waals surface area contributed by atoms with Crippen LogP contribution in [0.3, 0.4) is 0 Å². The minimum absolute atomic E-state index is 0.0485. The van der Waals surface area contributed by atoms with E-state index in [1.807, 2.05) is 24.3 Å². The fourth-order valence-electron chi connectivity index (χ4n) is 3.45. The molecule has 1 N–H and O–H groups in total. The Bertz CT molecular complexity index is 1320. The van der Waals surface area contributed by atoms with Crippen molar-refractivity contribution in [3.05, 3.63) is 70.5 Å². The number of anilines is 1. The molecule has 0 aliphatic heterocycles. The SMILES string of the molecule is Cn1nc(CC(=O)Nc2cccc(-c3noc(C4CC4)n3)c2)c2ccccc2c1=O. The van der Waals surface area contributed by atoms with E-state index in [1.54, 1.807) is 31.3 Å². The molecule has 0 bridgehead atoms. The first kappa shape index (κ1) is 18.2. The molecule has 0 radical (unpaired) electrons. The van der Waals surface area contributed by atoms with E-state index in [2.05, 4.69) is 20.6 Å². The molecule has 1 aliphatic carbocycles. The molecule has 1 saturated carbocycles. The average molecular weight is 401 g/mol. The molecule has 2 aromatic heterocycles. The number of fused-ring (bicyclic) bond motifs is 1. The third-order valence-corrected chi connectivity index (χ3v) is 5.13. The van der Waals surface area contributed by atoms with E-state index in [0.717, 1.165) is 18.4 Å². The first-order chi connectivity index (χ1) is 14.6. The summed E-state index contributed by atoms with van der Waals surface area (Å²) in [6.45, 7) is 0. The number of hydrogen-bond donors (Lipinski definition) is 1. The van der Waals surface area contributed by atoms with E-state index < -0.39 is 0 Å². The number of hydrogen-bond acceptors (Lipinski definition) is 6. The summed E-state index contributed by atoms with van der Waals surface area (Å²) in [5, 5.41) is 12.4. The Hall–Kier alpha value is -3.81. The Kier molecular flexibility index (Phi) is 4.39. The number of nitrogens with zero attached hydrogens (tertiary/aromatic N) is 4. The van der Waals surface area contributed by atoms with Crippen LogP contribution in [0, 0.1) is 0 Å². The Labute approximate surface area is 171 Å². The van der Waals surface area contributed by atoms with Gasteiger partial charge in [-0.3, -0.25) is 9.59 Å². The van der Waals surface area contributed by atoms with Crippen LogP contribution < -0.4 is 10.9 Å². The van der Waals surface area contributed by atoms with Gasteiger partial charge in [-0.2, -0.15) is 10.1 Å². The van der Waals surface area contributed by atoms with Crippen LogP contribution in [0.1, 0.15) is 30.3 Å². The maximum absolute atomic E-state index is 12.7. The highest BCUT2D eigenvalue weighted by molar-refractivity contribution is 5.95. The number of benzene rings is 2. The van der Waals surface area contributed by atoms with Crippen molar-refractivity contribution in [1.29, 1.82) is 0 Å². The Morgan fingerprint density at radius 3 is 2.77 bits per heavy atom. The zero-order valence-electron chi connectivity index (χ0n) is 16.3. The fraction of sp³-hybridized carbons (Fsp3) is 0.227. The van der Waals surface area contributed by atoms with Gasteiger partial charge in [0.15, 0.2) is 0 Å². The van der Waals surface area contributed by atoms with Gasteiger partial charge in [-0.05, 0) is 31.0 Å². The van der Waals surface area contributed by atoms with Gasteiger partial charge < -0.3 is 9.84 Å². The minimum Gasteiger partial charge on any atom is -0.339 e. The lowest BCUT2D eigenvalue weighted by Gasteiger charge is -2.09. The van der Waals surface area contributed by atoms with E-state index in [9.17, 15) is 9.59 Å². The molecule has 2 aromatic carbocycles. The van der Waals surface area contributed by atoms with Gasteiger partial charge in [-0.15, -0.1) is 0 Å². The number of rotatable bonds is 5. The molecule has 1 amide bonds. The van der Waals surface area contributed by atoms with Crippen molar-refractivity contribution in [2.45, 2.75) is 25.2 Å². The largest absolute Gasteiger partial charge is 0.339 e. The van der Waals surface area contributed by atoms with E-state index in [1.165, 1.54) is 4.68 Å². The van der Waals surface area contributed by atoms with Gasteiger partial charge in [0, 0.05) is 29.6 Å². The second kappa shape index (κ2) is 7.22. The smallest absolute Gasteiger partial charge is 0.274 e. The molecule has 0 atom stereocenters. The Balaban J connectivity index is 1.37. The van der Waals surface area contributed by atoms with Crippen LogP contribution in [-0.2, 0) is 18.3 Å². The Morgan fingerprint density at radius 2 is 1.97 bits per heavy atom. The number of carbonyl (C=O) groups is 1. The van der Waals surface area contributed by atoms with E-state index >= 15 is 0 Å². The number of aryl methyl sites for hydroxylation is 1. The maximum atomic E-state index is 12.7. The molecular weight excluding hydrogens is 382 g/mol. The molecule has 8 nitrogen and oxygen atoms in total. The van der Waals surface area contributed by atoms with Crippen molar-refractivity contribution in [1.82, 2.24) is 19.9 Å². The van der Waals surface area contributed by atoms with Crippen LogP contribution in [0.15, 0.2) is 57.8 Å². The monoisotopic (exact) mass is 401 g/mol. The summed E-state index contributed by atoms with van der Waals surface area (Å²) < 4.78 is 6.58. The highest BCUT2D eigenvalue weighted by Crippen LogP contribution is 2.39. The van der Waals surface area contributed by atoms with Gasteiger partial charge in [-0.1, -0.05) is 35.5 Å². The summed E-state index contributed by atoms with van der Waals surface area (Å²) in [6.07, 6.45) is 2.23. The topological polar surface area (TPSA) is 103 Å². The van der Waals surface area contributed by atoms with Crippen molar-refractivity contribution < 1.29 is 9.32 Å². The quantitative estimate of drug-likeness (QED) is 0.551. The summed E-state index contributed by atoms with van der Waals surface area (Å²) in [5.74, 6) is 1.35. The van der Waals surface area contributed by atoms with Crippen LogP contribution in [0.2, 0.25) is 0 Å². The Morgan fingerprint density at radius 1 is 1.17 bits per heavy atom. The number of carbonyl (C=O) groups excluding carboxylic acids is 1. The van der Waals surface area contributed by atoms with Crippen molar-refractivity contribution in [2.24, 2.45) is 7.05 Å². The number of nitrogens with one attached hydrogen (secondary N) is 1. The summed E-state index contributed by atoms with van der Waals surface area (Å²) >= 11 is 0. The molecule has 2 heterocycles. The molecule has 8 heteroatoms. The lowest BCUT2D eigenvalue weighted by Crippen LogP contribution is -2.24. The summed E-state index contributed by atoms with van der Waals surface area (Å²) in [6, 6.07) is 14.5. The van der Waals surface area contributed by atoms with E-state index in [4.69, 9.17) is 4.52 Å². The summed E-state index contributed by atoms with van der Waals surface area (Å²) in [4.78, 5) is 29.4.